The maximum atomic E-state index is 12.9. The summed E-state index contributed by atoms with van der Waals surface area (Å²) >= 11 is 1.40. The Morgan fingerprint density at radius 1 is 1.28 bits per heavy atom. The second-order valence-corrected chi connectivity index (χ2v) is 9.08. The van der Waals surface area contributed by atoms with Gasteiger partial charge in [0.25, 0.3) is 0 Å². The van der Waals surface area contributed by atoms with Crippen molar-refractivity contribution in [3.8, 4) is 6.07 Å². The van der Waals surface area contributed by atoms with Crippen molar-refractivity contribution in [2.24, 2.45) is 11.3 Å². The number of rotatable bonds is 4. The van der Waals surface area contributed by atoms with Gasteiger partial charge in [-0.25, -0.2) is 0 Å². The number of anilines is 1. The summed E-state index contributed by atoms with van der Waals surface area (Å²) in [5, 5.41) is 19.1. The Morgan fingerprint density at radius 2 is 2.00 bits per heavy atom. The molecule has 4 rings (SSSR count). The quantitative estimate of drug-likeness (QED) is 0.774. The first-order chi connectivity index (χ1) is 14.0. The van der Waals surface area contributed by atoms with Crippen LogP contribution in [0.2, 0.25) is 0 Å². The van der Waals surface area contributed by atoms with Crippen molar-refractivity contribution < 1.29 is 9.59 Å². The van der Waals surface area contributed by atoms with E-state index in [0.29, 0.717) is 44.0 Å². The fraction of sp³-hybridized carbons (Fsp3) is 0.476. The third-order valence-electron chi connectivity index (χ3n) is 5.81. The Kier molecular flexibility index (Phi) is 5.33. The van der Waals surface area contributed by atoms with Crippen LogP contribution in [0.3, 0.4) is 0 Å². The molecule has 0 bridgehead atoms. The summed E-state index contributed by atoms with van der Waals surface area (Å²) in [5.41, 5.74) is 0.793. The van der Waals surface area contributed by atoms with Crippen LogP contribution in [-0.2, 0) is 16.0 Å². The Hall–Kier alpha value is -2.79. The fourth-order valence-electron chi connectivity index (χ4n) is 3.84. The van der Waals surface area contributed by atoms with Crippen LogP contribution in [0.25, 0.3) is 0 Å². The molecule has 0 radical (unpaired) electrons. The van der Waals surface area contributed by atoms with Gasteiger partial charge in [0.1, 0.15) is 5.01 Å². The number of likely N-dealkylation sites (tertiary alicyclic amines) is 1. The molecule has 150 valence electrons. The number of aromatic nitrogens is 2. The van der Waals surface area contributed by atoms with Crippen LogP contribution in [0.1, 0.15) is 36.8 Å². The van der Waals surface area contributed by atoms with Crippen molar-refractivity contribution in [2.45, 2.75) is 32.6 Å². The number of carbonyl (C=O) groups excluding carboxylic acids is 2. The molecular formula is C21H23N5O2S. The van der Waals surface area contributed by atoms with E-state index in [-0.39, 0.29) is 29.6 Å². The van der Waals surface area contributed by atoms with Crippen LogP contribution in [0, 0.1) is 22.7 Å². The van der Waals surface area contributed by atoms with Crippen molar-refractivity contribution in [2.75, 3.05) is 24.5 Å². The van der Waals surface area contributed by atoms with E-state index in [9.17, 15) is 14.9 Å². The van der Waals surface area contributed by atoms with Crippen molar-refractivity contribution in [1.82, 2.24) is 15.1 Å². The lowest BCUT2D eigenvalue weighted by Crippen LogP contribution is -2.44. The van der Waals surface area contributed by atoms with Gasteiger partial charge in [-0.15, -0.1) is 10.2 Å². The van der Waals surface area contributed by atoms with E-state index in [4.69, 9.17) is 0 Å². The number of piperidine rings is 1. The molecule has 0 aliphatic carbocycles. The second kappa shape index (κ2) is 7.91. The number of nitriles is 1. The molecule has 0 saturated carbocycles. The van der Waals surface area contributed by atoms with Gasteiger partial charge in [0.05, 0.1) is 17.4 Å². The molecule has 7 nitrogen and oxygen atoms in total. The molecule has 3 heterocycles. The molecule has 2 amide bonds. The Morgan fingerprint density at radius 3 is 2.69 bits per heavy atom. The Balaban J connectivity index is 1.38. The summed E-state index contributed by atoms with van der Waals surface area (Å²) in [6, 6.07) is 12.4. The molecule has 0 N–H and O–H groups in total. The number of benzene rings is 1. The van der Waals surface area contributed by atoms with E-state index in [2.05, 4.69) is 16.3 Å². The van der Waals surface area contributed by atoms with Gasteiger partial charge < -0.3 is 4.90 Å². The van der Waals surface area contributed by atoms with Gasteiger partial charge in [0, 0.05) is 32.5 Å². The van der Waals surface area contributed by atoms with E-state index in [0.717, 1.165) is 10.6 Å². The summed E-state index contributed by atoms with van der Waals surface area (Å²) in [6.45, 7) is 3.45. The number of nitrogens with zero attached hydrogens (tertiary/aromatic N) is 5. The van der Waals surface area contributed by atoms with E-state index < -0.39 is 0 Å². The monoisotopic (exact) mass is 409 g/mol. The topological polar surface area (TPSA) is 90.2 Å². The van der Waals surface area contributed by atoms with Crippen molar-refractivity contribution >= 4 is 28.3 Å². The highest BCUT2D eigenvalue weighted by Crippen LogP contribution is 2.33. The molecule has 1 unspecified atom stereocenters. The Labute approximate surface area is 174 Å². The van der Waals surface area contributed by atoms with Crippen LogP contribution < -0.4 is 4.90 Å². The maximum Gasteiger partial charge on any atom is 0.229 e. The van der Waals surface area contributed by atoms with Crippen LogP contribution in [0.4, 0.5) is 5.13 Å². The van der Waals surface area contributed by atoms with Gasteiger partial charge in [0.15, 0.2) is 0 Å². The second-order valence-electron chi connectivity index (χ2n) is 8.04. The first kappa shape index (κ1) is 19.5. The average molecular weight is 410 g/mol. The highest BCUT2D eigenvalue weighted by Gasteiger charge is 2.40. The predicted octanol–water partition coefficient (Wildman–Crippen LogP) is 2.63. The molecular weight excluding hydrogens is 386 g/mol. The van der Waals surface area contributed by atoms with E-state index in [1.807, 2.05) is 42.2 Å². The molecule has 1 atom stereocenters. The van der Waals surface area contributed by atoms with Gasteiger partial charge in [0.2, 0.25) is 16.9 Å². The van der Waals surface area contributed by atoms with Gasteiger partial charge >= 0.3 is 0 Å². The lowest BCUT2D eigenvalue weighted by molar-refractivity contribution is -0.137. The third-order valence-corrected chi connectivity index (χ3v) is 6.75. The van der Waals surface area contributed by atoms with Crippen LogP contribution in [0.15, 0.2) is 30.3 Å². The molecule has 8 heteroatoms. The van der Waals surface area contributed by atoms with Gasteiger partial charge in [-0.3, -0.25) is 14.5 Å². The standard InChI is InChI=1S/C21H23N5O2S/c1-21(14-22)7-9-25(10-8-21)19(28)16-12-18(27)26(13-16)20-24-23-17(29-20)11-15-5-3-2-4-6-15/h2-6,16H,7-13H2,1H3. The molecule has 2 aliphatic heterocycles. The van der Waals surface area contributed by atoms with E-state index in [1.54, 1.807) is 4.90 Å². The summed E-state index contributed by atoms with van der Waals surface area (Å²) < 4.78 is 0. The largest absolute Gasteiger partial charge is 0.342 e. The van der Waals surface area contributed by atoms with Crippen molar-refractivity contribution in [3.63, 3.8) is 0 Å². The summed E-state index contributed by atoms with van der Waals surface area (Å²) in [5.74, 6) is -0.421. The minimum atomic E-state index is -0.351. The smallest absolute Gasteiger partial charge is 0.229 e. The molecule has 2 aromatic rings. The van der Waals surface area contributed by atoms with Gasteiger partial charge in [-0.2, -0.15) is 5.26 Å². The van der Waals surface area contributed by atoms with Crippen molar-refractivity contribution in [1.29, 1.82) is 5.26 Å². The molecule has 2 aliphatic rings. The fourth-order valence-corrected chi connectivity index (χ4v) is 4.74. The molecule has 2 fully saturated rings. The van der Waals surface area contributed by atoms with Gasteiger partial charge in [-0.1, -0.05) is 41.7 Å². The third kappa shape index (κ3) is 4.15. The first-order valence-corrected chi connectivity index (χ1v) is 10.7. The molecule has 1 aromatic carbocycles. The minimum absolute atomic E-state index is 0.00913. The maximum absolute atomic E-state index is 12.9. The van der Waals surface area contributed by atoms with Crippen LogP contribution in [0.5, 0.6) is 0 Å². The highest BCUT2D eigenvalue weighted by molar-refractivity contribution is 7.15. The number of carbonyl (C=O) groups is 2. The summed E-state index contributed by atoms with van der Waals surface area (Å²) in [4.78, 5) is 28.8. The van der Waals surface area contributed by atoms with Crippen LogP contribution in [-0.4, -0.2) is 46.5 Å². The SMILES string of the molecule is CC1(C#N)CCN(C(=O)C2CC(=O)N(c3nnc(Cc4ccccc4)s3)C2)CC1. The average Bonchev–Trinajstić information content (AvgIpc) is 3.35. The Bertz CT molecular complexity index is 943. The first-order valence-electron chi connectivity index (χ1n) is 9.84. The molecule has 2 saturated heterocycles. The molecule has 0 spiro atoms. The minimum Gasteiger partial charge on any atom is -0.342 e. The number of amides is 2. The lowest BCUT2D eigenvalue weighted by Gasteiger charge is -2.36. The summed E-state index contributed by atoms with van der Waals surface area (Å²) in [7, 11) is 0. The summed E-state index contributed by atoms with van der Waals surface area (Å²) in [6.07, 6.45) is 2.24. The normalized spacial score (nSPS) is 21.2. The van der Waals surface area contributed by atoms with Gasteiger partial charge in [-0.05, 0) is 25.3 Å². The molecule has 1 aromatic heterocycles. The van der Waals surface area contributed by atoms with E-state index >= 15 is 0 Å². The number of hydrogen-bond acceptors (Lipinski definition) is 6. The van der Waals surface area contributed by atoms with Crippen LogP contribution >= 0.6 is 11.3 Å². The lowest BCUT2D eigenvalue weighted by atomic mass is 9.82. The number of hydrogen-bond donors (Lipinski definition) is 0. The zero-order chi connectivity index (χ0) is 20.4. The van der Waals surface area contributed by atoms with E-state index in [1.165, 1.54) is 11.3 Å². The van der Waals surface area contributed by atoms with Crippen molar-refractivity contribution in [3.05, 3.63) is 40.9 Å². The zero-order valence-electron chi connectivity index (χ0n) is 16.4. The predicted molar refractivity (Wildman–Crippen MR) is 109 cm³/mol. The highest BCUT2D eigenvalue weighted by atomic mass is 32.1. The zero-order valence-corrected chi connectivity index (χ0v) is 17.2. The molecule has 29 heavy (non-hydrogen) atoms.